The van der Waals surface area contributed by atoms with Gasteiger partial charge in [-0.2, -0.15) is 0 Å². The first-order chi connectivity index (χ1) is 12.3. The van der Waals surface area contributed by atoms with Gasteiger partial charge in [-0.15, -0.1) is 0 Å². The van der Waals surface area contributed by atoms with Gasteiger partial charge in [0.25, 0.3) is 11.5 Å². The Kier molecular flexibility index (Phi) is 5.88. The van der Waals surface area contributed by atoms with E-state index < -0.39 is 29.1 Å². The molecule has 11 nitrogen and oxygen atoms in total. The summed E-state index contributed by atoms with van der Waals surface area (Å²) in [6.07, 6.45) is 2.85. The zero-order chi connectivity index (χ0) is 19.1. The van der Waals surface area contributed by atoms with Crippen LogP contribution in [0.1, 0.15) is 5.69 Å². The van der Waals surface area contributed by atoms with E-state index in [4.69, 9.17) is 9.47 Å². The van der Waals surface area contributed by atoms with Crippen LogP contribution in [0.4, 0.5) is 0 Å². The van der Waals surface area contributed by atoms with Gasteiger partial charge in [0.1, 0.15) is 19.0 Å². The second-order valence-electron chi connectivity index (χ2n) is 4.92. The fraction of sp³-hybridized carbons (Fsp3) is 0.133. The van der Waals surface area contributed by atoms with Gasteiger partial charge in [0, 0.05) is 24.3 Å². The van der Waals surface area contributed by atoms with Crippen LogP contribution in [0.15, 0.2) is 52.0 Å². The average Bonchev–Trinajstić information content (AvgIpc) is 2.54. The molecule has 0 radical (unpaired) electrons. The van der Waals surface area contributed by atoms with Crippen LogP contribution in [0.25, 0.3) is 0 Å². The Morgan fingerprint density at radius 2 is 1.65 bits per heavy atom. The molecular weight excluding hydrogens is 348 g/mol. The third kappa shape index (κ3) is 5.96. The molecule has 0 aliphatic carbocycles. The summed E-state index contributed by atoms with van der Waals surface area (Å²) < 4.78 is 9.61. The summed E-state index contributed by atoms with van der Waals surface area (Å²) >= 11 is 0. The maximum absolute atomic E-state index is 11.5. The molecule has 0 saturated heterocycles. The lowest BCUT2D eigenvalue weighted by Gasteiger charge is -2.17. The van der Waals surface area contributed by atoms with Gasteiger partial charge in [0.05, 0.1) is 11.4 Å². The minimum absolute atomic E-state index is 0.0943. The Balaban J connectivity index is 1.79. The van der Waals surface area contributed by atoms with E-state index in [1.165, 1.54) is 6.08 Å². The fourth-order valence-electron chi connectivity index (χ4n) is 1.81. The third-order valence-electron chi connectivity index (χ3n) is 2.80. The summed E-state index contributed by atoms with van der Waals surface area (Å²) in [7, 11) is 0. The minimum Gasteiger partial charge on any atom is -0.456 e. The number of ether oxygens (including phenoxy) is 2. The van der Waals surface area contributed by atoms with Gasteiger partial charge in [-0.25, -0.2) is 14.4 Å². The third-order valence-corrected chi connectivity index (χ3v) is 2.80. The Hall–Kier alpha value is -3.89. The molecule has 0 spiro atoms. The highest BCUT2D eigenvalue weighted by atomic mass is 16.5. The molecule has 26 heavy (non-hydrogen) atoms. The molecule has 0 atom stereocenters. The molecular formula is C15H14N4O7. The summed E-state index contributed by atoms with van der Waals surface area (Å²) in [5.74, 6) is -1.88. The van der Waals surface area contributed by atoms with Gasteiger partial charge in [0.2, 0.25) is 0 Å². The number of carbonyl (C=O) groups is 3. The summed E-state index contributed by atoms with van der Waals surface area (Å²) in [4.78, 5) is 60.6. The molecule has 1 aromatic heterocycles. The number of nitrogens with one attached hydrogen (secondary N) is 4. The molecule has 1 aliphatic heterocycles. The molecule has 1 amide bonds. The molecule has 2 rings (SSSR count). The minimum atomic E-state index is -0.883. The molecule has 136 valence electrons. The van der Waals surface area contributed by atoms with Crippen LogP contribution in [0.3, 0.4) is 0 Å². The van der Waals surface area contributed by atoms with Crippen LogP contribution in [-0.2, 0) is 30.5 Å². The zero-order valence-electron chi connectivity index (χ0n) is 13.3. The first-order valence-corrected chi connectivity index (χ1v) is 7.13. The topological polar surface area (TPSA) is 159 Å². The smallest absolute Gasteiger partial charge is 0.331 e. The number of aromatic amines is 2. The van der Waals surface area contributed by atoms with Gasteiger partial charge in [-0.05, 0) is 0 Å². The van der Waals surface area contributed by atoms with Crippen molar-refractivity contribution in [3.8, 4) is 0 Å². The molecule has 1 aliphatic rings. The van der Waals surface area contributed by atoms with E-state index in [1.807, 2.05) is 4.98 Å². The summed E-state index contributed by atoms with van der Waals surface area (Å²) in [5.41, 5.74) is -0.955. The van der Waals surface area contributed by atoms with Crippen molar-refractivity contribution in [1.29, 1.82) is 0 Å². The predicted octanol–water partition coefficient (Wildman–Crippen LogP) is -1.72. The van der Waals surface area contributed by atoms with Gasteiger partial charge in [-0.3, -0.25) is 14.6 Å². The maximum Gasteiger partial charge on any atom is 0.331 e. The van der Waals surface area contributed by atoms with E-state index in [-0.39, 0.29) is 24.7 Å². The van der Waals surface area contributed by atoms with Crippen LogP contribution in [0.2, 0.25) is 0 Å². The highest BCUT2D eigenvalue weighted by Crippen LogP contribution is 2.00. The number of aromatic nitrogens is 2. The van der Waals surface area contributed by atoms with Crippen LogP contribution < -0.4 is 21.9 Å². The first kappa shape index (κ1) is 18.4. The number of hydrogen-bond acceptors (Lipinski definition) is 8. The second kappa shape index (κ2) is 8.28. The fourth-order valence-corrected chi connectivity index (χ4v) is 1.81. The van der Waals surface area contributed by atoms with E-state index in [2.05, 4.69) is 22.2 Å². The van der Waals surface area contributed by atoms with E-state index in [0.29, 0.717) is 5.70 Å². The van der Waals surface area contributed by atoms with Gasteiger partial charge < -0.3 is 25.1 Å². The standard InChI is InChI=1S/C15H14N4O7/c1-8-16-9(4-11(20)17-8)6-25-13(22)2-3-14(23)26-7-10-5-12(21)19-15(24)18-10/h2-5,16H,1,6-7H2,(H,17,20)(H2,18,19,21,24)/b3-2+. The van der Waals surface area contributed by atoms with E-state index in [0.717, 1.165) is 18.2 Å². The molecule has 4 N–H and O–H groups in total. The molecule has 0 bridgehead atoms. The average molecular weight is 362 g/mol. The van der Waals surface area contributed by atoms with Gasteiger partial charge in [0.15, 0.2) is 0 Å². The summed E-state index contributed by atoms with van der Waals surface area (Å²) in [5, 5.41) is 5.09. The summed E-state index contributed by atoms with van der Waals surface area (Å²) in [6.45, 7) is 2.94. The van der Waals surface area contributed by atoms with Crippen LogP contribution in [0, 0.1) is 0 Å². The van der Waals surface area contributed by atoms with Crippen molar-refractivity contribution in [2.24, 2.45) is 0 Å². The number of carbonyl (C=O) groups excluding carboxylic acids is 3. The van der Waals surface area contributed by atoms with Crippen LogP contribution in [-0.4, -0.2) is 34.4 Å². The Bertz CT molecular complexity index is 894. The van der Waals surface area contributed by atoms with E-state index in [1.54, 1.807) is 0 Å². The predicted molar refractivity (Wildman–Crippen MR) is 86.1 cm³/mol. The highest BCUT2D eigenvalue weighted by Gasteiger charge is 2.12. The molecule has 0 saturated carbocycles. The molecule has 11 heteroatoms. The van der Waals surface area contributed by atoms with Crippen LogP contribution in [0.5, 0.6) is 0 Å². The second-order valence-corrected chi connectivity index (χ2v) is 4.92. The number of rotatable bonds is 6. The van der Waals surface area contributed by atoms with Crippen molar-refractivity contribution in [2.45, 2.75) is 6.61 Å². The van der Waals surface area contributed by atoms with Crippen molar-refractivity contribution in [1.82, 2.24) is 20.6 Å². The number of H-pyrrole nitrogens is 2. The number of amides is 1. The van der Waals surface area contributed by atoms with Crippen molar-refractivity contribution < 1.29 is 23.9 Å². The molecule has 1 aromatic rings. The Morgan fingerprint density at radius 1 is 1.00 bits per heavy atom. The van der Waals surface area contributed by atoms with Crippen molar-refractivity contribution in [2.75, 3.05) is 6.61 Å². The van der Waals surface area contributed by atoms with Crippen molar-refractivity contribution in [3.63, 3.8) is 0 Å². The quantitative estimate of drug-likeness (QED) is 0.343. The maximum atomic E-state index is 11.5. The molecule has 0 fully saturated rings. The van der Waals surface area contributed by atoms with E-state index in [9.17, 15) is 24.0 Å². The van der Waals surface area contributed by atoms with Gasteiger partial charge >= 0.3 is 17.6 Å². The van der Waals surface area contributed by atoms with E-state index >= 15 is 0 Å². The Labute approximate surface area is 145 Å². The largest absolute Gasteiger partial charge is 0.456 e. The number of esters is 2. The molecule has 0 unspecified atom stereocenters. The van der Waals surface area contributed by atoms with Crippen molar-refractivity contribution >= 4 is 17.8 Å². The molecule has 2 heterocycles. The van der Waals surface area contributed by atoms with Gasteiger partial charge in [-0.1, -0.05) is 6.58 Å². The number of hydrogen-bond donors (Lipinski definition) is 4. The highest BCUT2D eigenvalue weighted by molar-refractivity contribution is 5.92. The summed E-state index contributed by atoms with van der Waals surface area (Å²) in [6, 6.07) is 1.06. The molecule has 0 aromatic carbocycles. The lowest BCUT2D eigenvalue weighted by atomic mass is 10.3. The zero-order valence-corrected chi connectivity index (χ0v) is 13.3. The lowest BCUT2D eigenvalue weighted by molar-refractivity contribution is -0.141. The lowest BCUT2D eigenvalue weighted by Crippen LogP contribution is -2.36. The normalized spacial score (nSPS) is 13.6. The van der Waals surface area contributed by atoms with Crippen LogP contribution >= 0.6 is 0 Å². The van der Waals surface area contributed by atoms with Crippen molar-refractivity contribution in [3.05, 3.63) is 68.9 Å². The Morgan fingerprint density at radius 3 is 2.27 bits per heavy atom. The SMILES string of the molecule is C=C1NC(=O)C=C(COC(=O)/C=C/C(=O)OCc2cc(=O)[nH]c(=O)[nH]2)N1. The monoisotopic (exact) mass is 362 g/mol. The first-order valence-electron chi connectivity index (χ1n) is 7.13.